The van der Waals surface area contributed by atoms with E-state index in [9.17, 15) is 10.2 Å². The number of rotatable bonds is 16. The molecule has 7 heteroatoms. The Labute approximate surface area is 195 Å². The summed E-state index contributed by atoms with van der Waals surface area (Å²) in [4.78, 5) is 0. The molecule has 1 atom stereocenters. The summed E-state index contributed by atoms with van der Waals surface area (Å²) < 4.78 is 11.2. The average Bonchev–Trinajstić information content (AvgIpc) is 2.78. The monoisotopic (exact) mass is 469 g/mol. The Kier molecular flexibility index (Phi) is 13.1. The maximum atomic E-state index is 10.2. The fourth-order valence-corrected chi connectivity index (χ4v) is 3.63. The number of aliphatic hydroxyl groups excluding tert-OH is 2. The van der Waals surface area contributed by atoms with Crippen molar-refractivity contribution >= 4 is 23.2 Å². The van der Waals surface area contributed by atoms with Gasteiger partial charge in [-0.25, -0.2) is 0 Å². The summed E-state index contributed by atoms with van der Waals surface area (Å²) in [5.41, 5.74) is 2.45. The van der Waals surface area contributed by atoms with E-state index in [1.165, 1.54) is 0 Å². The molecule has 0 amide bonds. The lowest BCUT2D eigenvalue weighted by Gasteiger charge is -2.13. The molecule has 0 aliphatic rings. The lowest BCUT2D eigenvalue weighted by atomic mass is 10.1. The molecule has 31 heavy (non-hydrogen) atoms. The molecule has 0 fully saturated rings. The van der Waals surface area contributed by atoms with E-state index in [-0.39, 0.29) is 6.61 Å². The van der Waals surface area contributed by atoms with Crippen LogP contribution >= 0.6 is 23.2 Å². The van der Waals surface area contributed by atoms with Crippen molar-refractivity contribution in [1.29, 1.82) is 0 Å². The van der Waals surface area contributed by atoms with Crippen molar-refractivity contribution in [2.24, 2.45) is 0 Å². The summed E-state index contributed by atoms with van der Waals surface area (Å²) >= 11 is 12.2. The third-order valence-electron chi connectivity index (χ3n) is 4.93. The van der Waals surface area contributed by atoms with E-state index in [0.717, 1.165) is 55.5 Å². The van der Waals surface area contributed by atoms with E-state index >= 15 is 0 Å². The van der Waals surface area contributed by atoms with Crippen LogP contribution in [0.5, 0.6) is 0 Å². The van der Waals surface area contributed by atoms with Gasteiger partial charge in [0.05, 0.1) is 32.5 Å². The Hall–Kier alpha value is -1.18. The fraction of sp³-hybridized carbons (Fsp3) is 0.500. The summed E-state index contributed by atoms with van der Waals surface area (Å²) in [6, 6.07) is 12.8. The van der Waals surface area contributed by atoms with Gasteiger partial charge >= 0.3 is 0 Å². The van der Waals surface area contributed by atoms with Crippen LogP contribution in [0.2, 0.25) is 10.0 Å². The minimum absolute atomic E-state index is 0.0117. The first kappa shape index (κ1) is 26.1. The highest BCUT2D eigenvalue weighted by atomic mass is 35.5. The highest BCUT2D eigenvalue weighted by molar-refractivity contribution is 6.35. The van der Waals surface area contributed by atoms with Crippen molar-refractivity contribution in [3.63, 3.8) is 0 Å². The first-order chi connectivity index (χ1) is 15.1. The highest BCUT2D eigenvalue weighted by Gasteiger charge is 2.07. The standard InChI is InChI=1S/C24H33Cl2NO4/c25-22-9-6-10-23(26)21(22)18-31-14-13-30-12-4-2-1-3-11-27-16-24(29)20-8-5-7-19(15-20)17-28/h5-10,15,24,27-29H,1-4,11-14,16-18H2. The Balaban J connectivity index is 1.39. The molecule has 0 aliphatic carbocycles. The number of ether oxygens (including phenoxy) is 2. The van der Waals surface area contributed by atoms with Gasteiger partial charge in [0.1, 0.15) is 0 Å². The zero-order chi connectivity index (χ0) is 22.3. The first-order valence-electron chi connectivity index (χ1n) is 10.8. The molecule has 2 aromatic rings. The molecule has 0 saturated heterocycles. The van der Waals surface area contributed by atoms with Gasteiger partial charge in [-0.15, -0.1) is 0 Å². The van der Waals surface area contributed by atoms with Crippen LogP contribution in [-0.2, 0) is 22.7 Å². The van der Waals surface area contributed by atoms with E-state index in [1.54, 1.807) is 12.1 Å². The van der Waals surface area contributed by atoms with Crippen LogP contribution in [0.3, 0.4) is 0 Å². The Morgan fingerprint density at radius 3 is 2.35 bits per heavy atom. The lowest BCUT2D eigenvalue weighted by molar-refractivity contribution is 0.0393. The quantitative estimate of drug-likeness (QED) is 0.305. The van der Waals surface area contributed by atoms with E-state index in [4.69, 9.17) is 32.7 Å². The van der Waals surface area contributed by atoms with Crippen LogP contribution < -0.4 is 5.32 Å². The average molecular weight is 470 g/mol. The molecule has 0 heterocycles. The van der Waals surface area contributed by atoms with Crippen LogP contribution in [-0.4, -0.2) is 43.1 Å². The van der Waals surface area contributed by atoms with Gasteiger partial charge in [0.2, 0.25) is 0 Å². The molecule has 1 unspecified atom stereocenters. The van der Waals surface area contributed by atoms with Gasteiger partial charge in [-0.3, -0.25) is 0 Å². The highest BCUT2D eigenvalue weighted by Crippen LogP contribution is 2.24. The van der Waals surface area contributed by atoms with E-state index in [2.05, 4.69) is 5.32 Å². The fourth-order valence-electron chi connectivity index (χ4n) is 3.13. The van der Waals surface area contributed by atoms with Crippen molar-refractivity contribution in [3.8, 4) is 0 Å². The second-order valence-corrected chi connectivity index (χ2v) is 8.22. The molecule has 3 N–H and O–H groups in total. The molecule has 0 aliphatic heterocycles. The molecule has 5 nitrogen and oxygen atoms in total. The van der Waals surface area contributed by atoms with Gasteiger partial charge < -0.3 is 25.0 Å². The summed E-state index contributed by atoms with van der Waals surface area (Å²) in [5.74, 6) is 0. The molecule has 0 bridgehead atoms. The number of benzene rings is 2. The second-order valence-electron chi connectivity index (χ2n) is 7.40. The van der Waals surface area contributed by atoms with Gasteiger partial charge in [0.15, 0.2) is 0 Å². The predicted octanol–water partition coefficient (Wildman–Crippen LogP) is 4.90. The van der Waals surface area contributed by atoms with Crippen molar-refractivity contribution < 1.29 is 19.7 Å². The van der Waals surface area contributed by atoms with Crippen LogP contribution in [0.25, 0.3) is 0 Å². The Morgan fingerprint density at radius 1 is 0.871 bits per heavy atom. The van der Waals surface area contributed by atoms with E-state index in [0.29, 0.717) is 36.4 Å². The van der Waals surface area contributed by atoms with Gasteiger partial charge in [0.25, 0.3) is 0 Å². The SMILES string of the molecule is OCc1cccc(C(O)CNCCCCCCOCCOCc2c(Cl)cccc2Cl)c1. The van der Waals surface area contributed by atoms with Gasteiger partial charge in [-0.05, 0) is 42.6 Å². The molecule has 0 spiro atoms. The molecule has 172 valence electrons. The smallest absolute Gasteiger partial charge is 0.0914 e. The van der Waals surface area contributed by atoms with Crippen LogP contribution in [0.4, 0.5) is 0 Å². The molecule has 0 saturated carbocycles. The second kappa shape index (κ2) is 15.6. The number of hydrogen-bond acceptors (Lipinski definition) is 5. The third kappa shape index (κ3) is 10.3. The number of hydrogen-bond donors (Lipinski definition) is 3. The topological polar surface area (TPSA) is 71.0 Å². The molecular formula is C24H33Cl2NO4. The van der Waals surface area contributed by atoms with Crippen molar-refractivity contribution in [1.82, 2.24) is 5.32 Å². The molecular weight excluding hydrogens is 437 g/mol. The van der Waals surface area contributed by atoms with Crippen LogP contribution in [0.15, 0.2) is 42.5 Å². The number of nitrogens with one attached hydrogen (secondary N) is 1. The van der Waals surface area contributed by atoms with Crippen molar-refractivity contribution in [2.75, 3.05) is 32.9 Å². The molecule has 2 rings (SSSR count). The summed E-state index contributed by atoms with van der Waals surface area (Å²) in [7, 11) is 0. The third-order valence-corrected chi connectivity index (χ3v) is 5.64. The van der Waals surface area contributed by atoms with Crippen LogP contribution in [0, 0.1) is 0 Å². The number of aliphatic hydroxyl groups is 2. The lowest BCUT2D eigenvalue weighted by Crippen LogP contribution is -2.22. The zero-order valence-electron chi connectivity index (χ0n) is 17.9. The minimum atomic E-state index is -0.559. The van der Waals surface area contributed by atoms with Gasteiger partial charge in [0, 0.05) is 28.8 Å². The minimum Gasteiger partial charge on any atom is -0.392 e. The Morgan fingerprint density at radius 2 is 1.58 bits per heavy atom. The largest absolute Gasteiger partial charge is 0.392 e. The Bertz CT molecular complexity index is 740. The van der Waals surface area contributed by atoms with Crippen molar-refractivity contribution in [3.05, 3.63) is 69.2 Å². The van der Waals surface area contributed by atoms with Crippen LogP contribution in [0.1, 0.15) is 48.5 Å². The predicted molar refractivity (Wildman–Crippen MR) is 126 cm³/mol. The summed E-state index contributed by atoms with van der Waals surface area (Å²) in [5, 5.41) is 23.9. The summed E-state index contributed by atoms with van der Waals surface area (Å²) in [6.45, 7) is 3.55. The zero-order valence-corrected chi connectivity index (χ0v) is 19.4. The molecule has 0 radical (unpaired) electrons. The van der Waals surface area contributed by atoms with Gasteiger partial charge in [-0.1, -0.05) is 66.4 Å². The molecule has 2 aromatic carbocycles. The maximum Gasteiger partial charge on any atom is 0.0914 e. The van der Waals surface area contributed by atoms with E-state index < -0.39 is 6.10 Å². The number of unbranched alkanes of at least 4 members (excludes halogenated alkanes) is 3. The normalized spacial score (nSPS) is 12.3. The van der Waals surface area contributed by atoms with Crippen molar-refractivity contribution in [2.45, 2.75) is 45.0 Å². The van der Waals surface area contributed by atoms with Gasteiger partial charge in [-0.2, -0.15) is 0 Å². The maximum absolute atomic E-state index is 10.2. The first-order valence-corrected chi connectivity index (χ1v) is 11.5. The molecule has 0 aromatic heterocycles. The number of halogens is 2. The summed E-state index contributed by atoms with van der Waals surface area (Å²) in [6.07, 6.45) is 3.75. The van der Waals surface area contributed by atoms with E-state index in [1.807, 2.05) is 30.3 Å².